The fourth-order valence-electron chi connectivity index (χ4n) is 2.73. The molecule has 0 amide bonds. The summed E-state index contributed by atoms with van der Waals surface area (Å²) in [6, 6.07) is 6.78. The van der Waals surface area contributed by atoms with Gasteiger partial charge in [-0.05, 0) is 51.0 Å². The number of nitrogens with zero attached hydrogens (tertiary/aromatic N) is 1. The smallest absolute Gasteiger partial charge is 0.123 e. The lowest BCUT2D eigenvalue weighted by atomic mass is 10.00. The van der Waals surface area contributed by atoms with Crippen LogP contribution in [0.15, 0.2) is 24.3 Å². The Morgan fingerprint density at radius 1 is 1.29 bits per heavy atom. The van der Waals surface area contributed by atoms with Gasteiger partial charge in [-0.15, -0.1) is 0 Å². The summed E-state index contributed by atoms with van der Waals surface area (Å²) in [5.74, 6) is 0.271. The van der Waals surface area contributed by atoms with Gasteiger partial charge in [0.1, 0.15) is 24.3 Å². The fraction of sp³-hybridized carbons (Fsp3) is 0.625. The van der Waals surface area contributed by atoms with Crippen LogP contribution in [0, 0.1) is 5.82 Å². The molecule has 0 bridgehead atoms. The van der Waals surface area contributed by atoms with Gasteiger partial charge in [0, 0.05) is 18.6 Å². The lowest BCUT2D eigenvalue weighted by Gasteiger charge is -2.39. The van der Waals surface area contributed by atoms with Crippen LogP contribution in [-0.4, -0.2) is 41.5 Å². The number of aliphatic hydroxyl groups excluding tert-OH is 1. The summed E-state index contributed by atoms with van der Waals surface area (Å²) in [6.45, 7) is 5.04. The molecule has 0 aromatic heterocycles. The first-order valence-corrected chi connectivity index (χ1v) is 7.64. The molecule has 0 saturated carbocycles. The SMILES string of the molecule is CC1CCCC(C)N1NCC(O)COc1ccc(F)cc1. The second-order valence-corrected chi connectivity index (χ2v) is 5.82. The summed E-state index contributed by atoms with van der Waals surface area (Å²) in [6.07, 6.45) is 3.02. The zero-order valence-corrected chi connectivity index (χ0v) is 12.8. The van der Waals surface area contributed by atoms with Crippen molar-refractivity contribution in [3.05, 3.63) is 30.1 Å². The molecule has 2 N–H and O–H groups in total. The van der Waals surface area contributed by atoms with E-state index in [0.29, 0.717) is 24.4 Å². The molecule has 0 radical (unpaired) electrons. The van der Waals surface area contributed by atoms with Crippen LogP contribution in [0.1, 0.15) is 33.1 Å². The van der Waals surface area contributed by atoms with E-state index in [-0.39, 0.29) is 12.4 Å². The Hall–Kier alpha value is -1.17. The van der Waals surface area contributed by atoms with Gasteiger partial charge in [0.25, 0.3) is 0 Å². The van der Waals surface area contributed by atoms with E-state index in [9.17, 15) is 9.50 Å². The summed E-state index contributed by atoms with van der Waals surface area (Å²) >= 11 is 0. The predicted molar refractivity (Wildman–Crippen MR) is 80.5 cm³/mol. The van der Waals surface area contributed by atoms with Crippen molar-refractivity contribution < 1.29 is 14.2 Å². The van der Waals surface area contributed by atoms with Crippen LogP contribution in [0.25, 0.3) is 0 Å². The maximum Gasteiger partial charge on any atom is 0.123 e. The highest BCUT2D eigenvalue weighted by molar-refractivity contribution is 5.22. The molecule has 2 rings (SSSR count). The van der Waals surface area contributed by atoms with Crippen LogP contribution in [0.3, 0.4) is 0 Å². The Labute approximate surface area is 125 Å². The molecule has 1 saturated heterocycles. The summed E-state index contributed by atoms with van der Waals surface area (Å²) in [5, 5.41) is 12.2. The van der Waals surface area contributed by atoms with Crippen molar-refractivity contribution in [3.63, 3.8) is 0 Å². The zero-order valence-electron chi connectivity index (χ0n) is 12.8. The summed E-state index contributed by atoms with van der Waals surface area (Å²) in [4.78, 5) is 0. The van der Waals surface area contributed by atoms with E-state index in [1.165, 1.54) is 31.4 Å². The van der Waals surface area contributed by atoms with Crippen LogP contribution < -0.4 is 10.2 Å². The molecule has 1 fully saturated rings. The average Bonchev–Trinajstić information content (AvgIpc) is 2.46. The Morgan fingerprint density at radius 2 is 1.90 bits per heavy atom. The summed E-state index contributed by atoms with van der Waals surface area (Å²) < 4.78 is 18.2. The minimum Gasteiger partial charge on any atom is -0.491 e. The van der Waals surface area contributed by atoms with Crippen molar-refractivity contribution in [2.24, 2.45) is 0 Å². The molecule has 0 spiro atoms. The van der Waals surface area contributed by atoms with Gasteiger partial charge in [0.05, 0.1) is 0 Å². The lowest BCUT2D eigenvalue weighted by molar-refractivity contribution is 0.0170. The van der Waals surface area contributed by atoms with Crippen LogP contribution in [-0.2, 0) is 0 Å². The maximum atomic E-state index is 12.8. The highest BCUT2D eigenvalue weighted by Crippen LogP contribution is 2.20. The quantitative estimate of drug-likeness (QED) is 0.846. The Morgan fingerprint density at radius 3 is 2.52 bits per heavy atom. The predicted octanol–water partition coefficient (Wildman–Crippen LogP) is 2.33. The van der Waals surface area contributed by atoms with E-state index in [4.69, 9.17) is 4.74 Å². The largest absolute Gasteiger partial charge is 0.491 e. The van der Waals surface area contributed by atoms with Crippen molar-refractivity contribution in [2.45, 2.75) is 51.3 Å². The molecule has 21 heavy (non-hydrogen) atoms. The van der Waals surface area contributed by atoms with Crippen LogP contribution >= 0.6 is 0 Å². The van der Waals surface area contributed by atoms with E-state index in [2.05, 4.69) is 24.3 Å². The Kier molecular flexibility index (Phi) is 5.96. The third kappa shape index (κ3) is 4.95. The minimum absolute atomic E-state index is 0.190. The van der Waals surface area contributed by atoms with Crippen molar-refractivity contribution >= 4 is 0 Å². The standard InChI is InChI=1S/C16H25FN2O2/c1-12-4-3-5-13(2)19(12)18-10-15(20)11-21-16-8-6-14(17)7-9-16/h6-9,12-13,15,18,20H,3-5,10-11H2,1-2H3. The Bertz CT molecular complexity index is 417. The number of halogens is 1. The number of nitrogens with one attached hydrogen (secondary N) is 1. The van der Waals surface area contributed by atoms with E-state index in [1.807, 2.05) is 0 Å². The Balaban J connectivity index is 1.71. The van der Waals surface area contributed by atoms with Crippen LogP contribution in [0.2, 0.25) is 0 Å². The molecule has 5 heteroatoms. The van der Waals surface area contributed by atoms with Crippen molar-refractivity contribution in [1.82, 2.24) is 10.4 Å². The van der Waals surface area contributed by atoms with E-state index >= 15 is 0 Å². The number of aliphatic hydroxyl groups is 1. The number of rotatable bonds is 6. The normalized spacial score (nSPS) is 24.8. The van der Waals surface area contributed by atoms with Crippen LogP contribution in [0.5, 0.6) is 5.75 Å². The summed E-state index contributed by atoms with van der Waals surface area (Å²) in [7, 11) is 0. The fourth-order valence-corrected chi connectivity index (χ4v) is 2.73. The number of hydrogen-bond acceptors (Lipinski definition) is 4. The van der Waals surface area contributed by atoms with Crippen molar-refractivity contribution in [3.8, 4) is 5.75 Å². The molecule has 3 atom stereocenters. The van der Waals surface area contributed by atoms with Crippen LogP contribution in [0.4, 0.5) is 4.39 Å². The zero-order chi connectivity index (χ0) is 15.2. The summed E-state index contributed by atoms with van der Waals surface area (Å²) in [5.41, 5.74) is 3.31. The first kappa shape index (κ1) is 16.2. The van der Waals surface area contributed by atoms with Crippen molar-refractivity contribution in [2.75, 3.05) is 13.2 Å². The molecule has 4 nitrogen and oxygen atoms in total. The third-order valence-electron chi connectivity index (χ3n) is 3.96. The number of benzene rings is 1. The highest BCUT2D eigenvalue weighted by atomic mass is 19.1. The average molecular weight is 296 g/mol. The number of hydrazine groups is 1. The molecule has 1 aromatic rings. The molecule has 1 heterocycles. The first-order chi connectivity index (χ1) is 10.1. The molecule has 0 aliphatic carbocycles. The van der Waals surface area contributed by atoms with Gasteiger partial charge < -0.3 is 9.84 Å². The van der Waals surface area contributed by atoms with E-state index < -0.39 is 6.10 Å². The molecule has 1 aromatic carbocycles. The molecule has 1 aliphatic heterocycles. The van der Waals surface area contributed by atoms with Gasteiger partial charge in [-0.25, -0.2) is 9.40 Å². The lowest BCUT2D eigenvalue weighted by Crippen LogP contribution is -2.54. The molecular formula is C16H25FN2O2. The van der Waals surface area contributed by atoms with Gasteiger partial charge in [-0.2, -0.15) is 0 Å². The minimum atomic E-state index is -0.601. The van der Waals surface area contributed by atoms with E-state index in [0.717, 1.165) is 0 Å². The third-order valence-corrected chi connectivity index (χ3v) is 3.96. The second-order valence-electron chi connectivity index (χ2n) is 5.82. The van der Waals surface area contributed by atoms with Gasteiger partial charge in [0.15, 0.2) is 0 Å². The van der Waals surface area contributed by atoms with Crippen molar-refractivity contribution in [1.29, 1.82) is 0 Å². The molecule has 118 valence electrons. The van der Waals surface area contributed by atoms with Gasteiger partial charge in [0.2, 0.25) is 0 Å². The highest BCUT2D eigenvalue weighted by Gasteiger charge is 2.24. The molecular weight excluding hydrogens is 271 g/mol. The second kappa shape index (κ2) is 7.73. The topological polar surface area (TPSA) is 44.7 Å². The van der Waals surface area contributed by atoms with Gasteiger partial charge in [-0.3, -0.25) is 5.43 Å². The maximum absolute atomic E-state index is 12.8. The number of hydrogen-bond donors (Lipinski definition) is 2. The number of piperidine rings is 1. The van der Waals surface area contributed by atoms with Gasteiger partial charge >= 0.3 is 0 Å². The van der Waals surface area contributed by atoms with Gasteiger partial charge in [-0.1, -0.05) is 6.42 Å². The first-order valence-electron chi connectivity index (χ1n) is 7.64. The monoisotopic (exact) mass is 296 g/mol. The van der Waals surface area contributed by atoms with E-state index in [1.54, 1.807) is 12.1 Å². The number of ether oxygens (including phenoxy) is 1. The molecule has 3 unspecified atom stereocenters. The molecule has 1 aliphatic rings.